The molecule has 0 saturated carbocycles. The number of alkyl halides is 3. The average Bonchev–Trinajstić information content (AvgIpc) is 2.13. The van der Waals surface area contributed by atoms with E-state index < -0.39 is 28.9 Å². The van der Waals surface area contributed by atoms with Gasteiger partial charge in [0, 0.05) is 5.41 Å². The van der Waals surface area contributed by atoms with Gasteiger partial charge in [0.2, 0.25) is 0 Å². The molecule has 0 fully saturated rings. The number of carboxylic acids is 1. The van der Waals surface area contributed by atoms with Crippen molar-refractivity contribution < 1.29 is 27.5 Å². The molecule has 6 heteroatoms. The molecule has 0 amide bonds. The standard InChI is InChI=1S/C12H12F4O2/c1-11(2,6-10(17)18)7-3-8(12(14,15)16)5-9(13)4-7/h3-5H,6H2,1-2H3,(H,17,18). The fraction of sp³-hybridized carbons (Fsp3) is 0.417. The SMILES string of the molecule is CC(C)(CC(=O)O)c1cc(F)cc(C(F)(F)F)c1. The van der Waals surface area contributed by atoms with E-state index in [-0.39, 0.29) is 12.0 Å². The predicted octanol–water partition coefficient (Wildman–Crippen LogP) is 3.60. The van der Waals surface area contributed by atoms with Crippen LogP contribution in [0.4, 0.5) is 17.6 Å². The third-order valence-corrected chi connectivity index (χ3v) is 2.60. The molecular formula is C12H12F4O2. The monoisotopic (exact) mass is 264 g/mol. The number of benzene rings is 1. The smallest absolute Gasteiger partial charge is 0.416 e. The van der Waals surface area contributed by atoms with E-state index in [9.17, 15) is 22.4 Å². The van der Waals surface area contributed by atoms with Crippen molar-refractivity contribution in [2.24, 2.45) is 0 Å². The van der Waals surface area contributed by atoms with Gasteiger partial charge < -0.3 is 5.11 Å². The van der Waals surface area contributed by atoms with Gasteiger partial charge in [0.1, 0.15) is 5.82 Å². The highest BCUT2D eigenvalue weighted by Crippen LogP contribution is 2.34. The highest BCUT2D eigenvalue weighted by molar-refractivity contribution is 5.68. The van der Waals surface area contributed by atoms with Crippen LogP contribution in [0.15, 0.2) is 18.2 Å². The molecule has 0 bridgehead atoms. The first-order valence-corrected chi connectivity index (χ1v) is 5.12. The Hall–Kier alpha value is -1.59. The summed E-state index contributed by atoms with van der Waals surface area (Å²) in [7, 11) is 0. The molecule has 0 spiro atoms. The summed E-state index contributed by atoms with van der Waals surface area (Å²) in [4.78, 5) is 10.6. The van der Waals surface area contributed by atoms with Gasteiger partial charge in [0.15, 0.2) is 0 Å². The van der Waals surface area contributed by atoms with Crippen molar-refractivity contribution in [3.8, 4) is 0 Å². The summed E-state index contributed by atoms with van der Waals surface area (Å²) in [5, 5.41) is 8.69. The maximum absolute atomic E-state index is 13.2. The largest absolute Gasteiger partial charge is 0.481 e. The molecule has 1 rings (SSSR count). The predicted molar refractivity (Wildman–Crippen MR) is 56.7 cm³/mol. The summed E-state index contributed by atoms with van der Waals surface area (Å²) in [6.45, 7) is 2.91. The third kappa shape index (κ3) is 3.45. The summed E-state index contributed by atoms with van der Waals surface area (Å²) < 4.78 is 50.7. The van der Waals surface area contributed by atoms with Crippen LogP contribution in [-0.4, -0.2) is 11.1 Å². The summed E-state index contributed by atoms with van der Waals surface area (Å²) in [6, 6.07) is 2.10. The van der Waals surface area contributed by atoms with E-state index in [2.05, 4.69) is 0 Å². The van der Waals surface area contributed by atoms with Gasteiger partial charge in [-0.2, -0.15) is 13.2 Å². The van der Waals surface area contributed by atoms with E-state index in [1.165, 1.54) is 13.8 Å². The zero-order chi connectivity index (χ0) is 14.1. The Bertz CT molecular complexity index is 464. The lowest BCUT2D eigenvalue weighted by molar-refractivity contribution is -0.138. The molecule has 0 aliphatic carbocycles. The minimum atomic E-state index is -4.66. The summed E-state index contributed by atoms with van der Waals surface area (Å²) in [6.07, 6.45) is -5.04. The number of halogens is 4. The van der Waals surface area contributed by atoms with Gasteiger partial charge in [-0.1, -0.05) is 13.8 Å². The molecule has 1 aromatic carbocycles. The third-order valence-electron chi connectivity index (χ3n) is 2.60. The van der Waals surface area contributed by atoms with Crippen LogP contribution in [-0.2, 0) is 16.4 Å². The number of carboxylic acid groups (broad SMARTS) is 1. The van der Waals surface area contributed by atoms with E-state index in [0.717, 1.165) is 12.1 Å². The first kappa shape index (κ1) is 14.5. The summed E-state index contributed by atoms with van der Waals surface area (Å²) >= 11 is 0. The quantitative estimate of drug-likeness (QED) is 0.847. The Morgan fingerprint density at radius 3 is 2.11 bits per heavy atom. The van der Waals surface area contributed by atoms with Crippen molar-refractivity contribution in [1.29, 1.82) is 0 Å². The van der Waals surface area contributed by atoms with Gasteiger partial charge in [0.25, 0.3) is 0 Å². The van der Waals surface area contributed by atoms with E-state index >= 15 is 0 Å². The average molecular weight is 264 g/mol. The van der Waals surface area contributed by atoms with E-state index in [4.69, 9.17) is 5.11 Å². The first-order chi connectivity index (χ1) is 8.02. The van der Waals surface area contributed by atoms with Gasteiger partial charge in [0.05, 0.1) is 12.0 Å². The van der Waals surface area contributed by atoms with Crippen molar-refractivity contribution in [2.75, 3.05) is 0 Å². The first-order valence-electron chi connectivity index (χ1n) is 5.12. The molecule has 0 unspecified atom stereocenters. The fourth-order valence-electron chi connectivity index (χ4n) is 1.62. The molecule has 100 valence electrons. The molecule has 18 heavy (non-hydrogen) atoms. The van der Waals surface area contributed by atoms with Gasteiger partial charge in [-0.25, -0.2) is 4.39 Å². The van der Waals surface area contributed by atoms with Crippen molar-refractivity contribution in [3.05, 3.63) is 35.1 Å². The van der Waals surface area contributed by atoms with Crippen molar-refractivity contribution in [3.63, 3.8) is 0 Å². The second-order valence-electron chi connectivity index (χ2n) is 4.68. The van der Waals surface area contributed by atoms with Crippen molar-refractivity contribution in [1.82, 2.24) is 0 Å². The minimum absolute atomic E-state index is 0.0113. The van der Waals surface area contributed by atoms with Crippen LogP contribution in [0, 0.1) is 5.82 Å². The maximum atomic E-state index is 13.2. The Balaban J connectivity index is 3.25. The van der Waals surface area contributed by atoms with E-state index in [1.807, 2.05) is 0 Å². The van der Waals surface area contributed by atoms with Crippen molar-refractivity contribution in [2.45, 2.75) is 31.9 Å². The highest BCUT2D eigenvalue weighted by atomic mass is 19.4. The van der Waals surface area contributed by atoms with Gasteiger partial charge in [-0.15, -0.1) is 0 Å². The lowest BCUT2D eigenvalue weighted by Crippen LogP contribution is -2.22. The molecule has 1 N–H and O–H groups in total. The van der Waals surface area contributed by atoms with Crippen LogP contribution in [0.1, 0.15) is 31.4 Å². The molecule has 0 heterocycles. The van der Waals surface area contributed by atoms with E-state index in [0.29, 0.717) is 6.07 Å². The van der Waals surface area contributed by atoms with Crippen LogP contribution < -0.4 is 0 Å². The topological polar surface area (TPSA) is 37.3 Å². The molecule has 2 nitrogen and oxygen atoms in total. The molecular weight excluding hydrogens is 252 g/mol. The van der Waals surface area contributed by atoms with Crippen LogP contribution in [0.3, 0.4) is 0 Å². The molecule has 0 saturated heterocycles. The Kier molecular flexibility index (Phi) is 3.69. The highest BCUT2D eigenvalue weighted by Gasteiger charge is 2.33. The van der Waals surface area contributed by atoms with E-state index in [1.54, 1.807) is 0 Å². The minimum Gasteiger partial charge on any atom is -0.481 e. The normalized spacial score (nSPS) is 12.6. The number of aliphatic carboxylic acids is 1. The zero-order valence-corrected chi connectivity index (χ0v) is 9.81. The van der Waals surface area contributed by atoms with Gasteiger partial charge in [-0.3, -0.25) is 4.79 Å². The molecule has 0 radical (unpaired) electrons. The number of hydrogen-bond acceptors (Lipinski definition) is 1. The molecule has 0 aromatic heterocycles. The lowest BCUT2D eigenvalue weighted by atomic mass is 9.81. The lowest BCUT2D eigenvalue weighted by Gasteiger charge is -2.24. The summed E-state index contributed by atoms with van der Waals surface area (Å²) in [5.41, 5.74) is -2.18. The molecule has 0 aliphatic heterocycles. The molecule has 0 atom stereocenters. The number of hydrogen-bond donors (Lipinski definition) is 1. The van der Waals surface area contributed by atoms with Crippen LogP contribution in [0.5, 0.6) is 0 Å². The second kappa shape index (κ2) is 4.59. The zero-order valence-electron chi connectivity index (χ0n) is 9.81. The van der Waals surface area contributed by atoms with Crippen LogP contribution >= 0.6 is 0 Å². The summed E-state index contributed by atoms with van der Waals surface area (Å²) in [5.74, 6) is -2.18. The fourth-order valence-corrected chi connectivity index (χ4v) is 1.62. The Labute approximate surface area is 101 Å². The van der Waals surface area contributed by atoms with Gasteiger partial charge in [-0.05, 0) is 23.8 Å². The molecule has 0 aliphatic rings. The number of rotatable bonds is 3. The molecule has 1 aromatic rings. The maximum Gasteiger partial charge on any atom is 0.416 e. The van der Waals surface area contributed by atoms with Crippen LogP contribution in [0.2, 0.25) is 0 Å². The van der Waals surface area contributed by atoms with Crippen molar-refractivity contribution >= 4 is 5.97 Å². The Morgan fingerprint density at radius 2 is 1.67 bits per heavy atom. The second-order valence-corrected chi connectivity index (χ2v) is 4.68. The number of carbonyl (C=O) groups is 1. The van der Waals surface area contributed by atoms with Crippen LogP contribution in [0.25, 0.3) is 0 Å². The Morgan fingerprint density at radius 1 is 1.17 bits per heavy atom. The van der Waals surface area contributed by atoms with Gasteiger partial charge >= 0.3 is 12.1 Å².